The molecule has 2 rings (SSSR count). The van der Waals surface area contributed by atoms with Gasteiger partial charge in [0.15, 0.2) is 0 Å². The Morgan fingerprint density at radius 1 is 1.20 bits per heavy atom. The Balaban J connectivity index is 2.19. The molecule has 20 heavy (non-hydrogen) atoms. The molecule has 0 fully saturated rings. The smallest absolute Gasteiger partial charge is 0.292 e. The van der Waals surface area contributed by atoms with E-state index in [0.717, 1.165) is 16.9 Å². The second kappa shape index (κ2) is 5.61. The van der Waals surface area contributed by atoms with Gasteiger partial charge in [-0.15, -0.1) is 0 Å². The maximum atomic E-state index is 10.8. The summed E-state index contributed by atoms with van der Waals surface area (Å²) in [4.78, 5) is 10.4. The van der Waals surface area contributed by atoms with E-state index in [1.54, 1.807) is 6.07 Å². The molecule has 0 aromatic heterocycles. The lowest BCUT2D eigenvalue weighted by Gasteiger charge is -2.12. The Morgan fingerprint density at radius 3 is 2.45 bits per heavy atom. The van der Waals surface area contributed by atoms with Crippen LogP contribution in [-0.2, 0) is 6.61 Å². The molecule has 2 aromatic carbocycles. The van der Waals surface area contributed by atoms with E-state index in [1.165, 1.54) is 12.1 Å². The molecule has 0 amide bonds. The summed E-state index contributed by atoms with van der Waals surface area (Å²) in [6.07, 6.45) is 0. The number of ether oxygens (including phenoxy) is 1. The molecule has 0 spiro atoms. The van der Waals surface area contributed by atoms with Crippen LogP contribution in [0.15, 0.2) is 36.4 Å². The van der Waals surface area contributed by atoms with Gasteiger partial charge in [0.25, 0.3) is 5.69 Å². The number of nitro groups is 1. The van der Waals surface area contributed by atoms with Crippen LogP contribution in [-0.4, -0.2) is 4.92 Å². The molecule has 104 valence electrons. The molecular formula is C15H16N2O3. The predicted octanol–water partition coefficient (Wildman–Crippen LogP) is 3.37. The van der Waals surface area contributed by atoms with Crippen molar-refractivity contribution in [2.75, 3.05) is 5.73 Å². The molecule has 0 heterocycles. The van der Waals surface area contributed by atoms with Crippen LogP contribution in [0.2, 0.25) is 0 Å². The van der Waals surface area contributed by atoms with Crippen molar-refractivity contribution in [1.29, 1.82) is 0 Å². The van der Waals surface area contributed by atoms with Crippen LogP contribution in [0.5, 0.6) is 5.75 Å². The quantitative estimate of drug-likeness (QED) is 0.525. The number of nitro benzene ring substituents is 1. The first kappa shape index (κ1) is 13.9. The number of nitrogen functional groups attached to an aromatic ring is 1. The molecule has 0 aliphatic heterocycles. The van der Waals surface area contributed by atoms with Crippen molar-refractivity contribution >= 4 is 11.4 Å². The highest BCUT2D eigenvalue weighted by Gasteiger charge is 2.12. The Kier molecular flexibility index (Phi) is 3.89. The molecule has 0 saturated heterocycles. The van der Waals surface area contributed by atoms with E-state index in [1.807, 2.05) is 32.0 Å². The highest BCUT2D eigenvalue weighted by atomic mass is 16.6. The largest absolute Gasteiger partial charge is 0.488 e. The molecule has 0 unspecified atom stereocenters. The van der Waals surface area contributed by atoms with Crippen LogP contribution in [0.4, 0.5) is 11.4 Å². The summed E-state index contributed by atoms with van der Waals surface area (Å²) in [6.45, 7) is 4.20. The van der Waals surface area contributed by atoms with Crippen molar-refractivity contribution < 1.29 is 9.66 Å². The lowest BCUT2D eigenvalue weighted by Crippen LogP contribution is -2.01. The maximum absolute atomic E-state index is 10.8. The normalized spacial score (nSPS) is 10.3. The number of hydrogen-bond acceptors (Lipinski definition) is 4. The first-order valence-electron chi connectivity index (χ1n) is 6.21. The van der Waals surface area contributed by atoms with Crippen molar-refractivity contribution in [2.45, 2.75) is 20.5 Å². The monoisotopic (exact) mass is 272 g/mol. The SMILES string of the molecule is Cc1cccc(C)c1OCc1ccc(N)c([N+](=O)[O-])c1. The maximum Gasteiger partial charge on any atom is 0.292 e. The van der Waals surface area contributed by atoms with Gasteiger partial charge >= 0.3 is 0 Å². The molecule has 0 radical (unpaired) electrons. The van der Waals surface area contributed by atoms with Gasteiger partial charge in [0.1, 0.15) is 18.0 Å². The summed E-state index contributed by atoms with van der Waals surface area (Å²) in [5.41, 5.74) is 8.42. The minimum Gasteiger partial charge on any atom is -0.488 e. The van der Waals surface area contributed by atoms with Gasteiger partial charge in [0.05, 0.1) is 4.92 Å². The first-order valence-corrected chi connectivity index (χ1v) is 6.21. The van der Waals surface area contributed by atoms with E-state index < -0.39 is 4.92 Å². The van der Waals surface area contributed by atoms with Crippen molar-refractivity contribution in [3.05, 3.63) is 63.2 Å². The van der Waals surface area contributed by atoms with Crippen molar-refractivity contribution in [2.24, 2.45) is 0 Å². The molecule has 0 bridgehead atoms. The van der Waals surface area contributed by atoms with Gasteiger partial charge in [-0.2, -0.15) is 0 Å². The summed E-state index contributed by atoms with van der Waals surface area (Å²) in [7, 11) is 0. The number of aryl methyl sites for hydroxylation is 2. The van der Waals surface area contributed by atoms with Crippen LogP contribution in [0, 0.1) is 24.0 Å². The minimum atomic E-state index is -0.488. The zero-order chi connectivity index (χ0) is 14.7. The fraction of sp³-hybridized carbons (Fsp3) is 0.200. The van der Waals surface area contributed by atoms with E-state index in [4.69, 9.17) is 10.5 Å². The second-order valence-corrected chi connectivity index (χ2v) is 4.66. The summed E-state index contributed by atoms with van der Waals surface area (Å²) in [6, 6.07) is 10.6. The Morgan fingerprint density at radius 2 is 1.85 bits per heavy atom. The molecule has 5 nitrogen and oxygen atoms in total. The van der Waals surface area contributed by atoms with E-state index >= 15 is 0 Å². The molecule has 0 aliphatic rings. The van der Waals surface area contributed by atoms with E-state index in [0.29, 0.717) is 5.56 Å². The molecule has 0 saturated carbocycles. The van der Waals surface area contributed by atoms with Gasteiger partial charge in [-0.25, -0.2) is 0 Å². The fourth-order valence-corrected chi connectivity index (χ4v) is 2.02. The molecule has 2 aromatic rings. The zero-order valence-electron chi connectivity index (χ0n) is 11.4. The number of nitrogens with two attached hydrogens (primary N) is 1. The van der Waals surface area contributed by atoms with Gasteiger partial charge in [0.2, 0.25) is 0 Å². The number of para-hydroxylation sites is 1. The third kappa shape index (κ3) is 2.88. The van der Waals surface area contributed by atoms with Crippen molar-refractivity contribution in [3.8, 4) is 5.75 Å². The summed E-state index contributed by atoms with van der Waals surface area (Å²) in [5, 5.41) is 10.8. The molecule has 0 atom stereocenters. The molecule has 5 heteroatoms. The van der Waals surface area contributed by atoms with E-state index in [9.17, 15) is 10.1 Å². The van der Waals surface area contributed by atoms with Crippen molar-refractivity contribution in [1.82, 2.24) is 0 Å². The first-order chi connectivity index (χ1) is 9.49. The fourth-order valence-electron chi connectivity index (χ4n) is 2.02. The number of rotatable bonds is 4. The highest BCUT2D eigenvalue weighted by molar-refractivity contribution is 5.59. The molecule has 2 N–H and O–H groups in total. The van der Waals surface area contributed by atoms with Crippen LogP contribution in [0.25, 0.3) is 0 Å². The van der Waals surface area contributed by atoms with E-state index in [2.05, 4.69) is 0 Å². The lowest BCUT2D eigenvalue weighted by molar-refractivity contribution is -0.384. The topological polar surface area (TPSA) is 78.4 Å². The molecular weight excluding hydrogens is 256 g/mol. The highest BCUT2D eigenvalue weighted by Crippen LogP contribution is 2.26. The standard InChI is InChI=1S/C15H16N2O3/c1-10-4-3-5-11(2)15(10)20-9-12-6-7-13(16)14(8-12)17(18)19/h3-8H,9,16H2,1-2H3. The summed E-state index contributed by atoms with van der Waals surface area (Å²) < 4.78 is 5.76. The third-order valence-corrected chi connectivity index (χ3v) is 3.08. The predicted molar refractivity (Wildman–Crippen MR) is 77.8 cm³/mol. The Labute approximate surface area is 117 Å². The van der Waals surface area contributed by atoms with Gasteiger partial charge in [0, 0.05) is 6.07 Å². The average molecular weight is 272 g/mol. The number of nitrogens with zero attached hydrogens (tertiary/aromatic N) is 1. The van der Waals surface area contributed by atoms with Gasteiger partial charge in [-0.05, 0) is 36.6 Å². The van der Waals surface area contributed by atoms with Gasteiger partial charge in [-0.1, -0.05) is 24.3 Å². The third-order valence-electron chi connectivity index (χ3n) is 3.08. The molecule has 0 aliphatic carbocycles. The summed E-state index contributed by atoms with van der Waals surface area (Å²) >= 11 is 0. The van der Waals surface area contributed by atoms with Crippen LogP contribution in [0.3, 0.4) is 0 Å². The van der Waals surface area contributed by atoms with Crippen LogP contribution in [0.1, 0.15) is 16.7 Å². The van der Waals surface area contributed by atoms with E-state index in [-0.39, 0.29) is 18.0 Å². The average Bonchev–Trinajstić information content (AvgIpc) is 2.39. The summed E-state index contributed by atoms with van der Waals surface area (Å²) in [5.74, 6) is 0.812. The van der Waals surface area contributed by atoms with Gasteiger partial charge < -0.3 is 10.5 Å². The number of benzene rings is 2. The minimum absolute atomic E-state index is 0.0902. The Hall–Kier alpha value is -2.56. The van der Waals surface area contributed by atoms with Crippen LogP contribution < -0.4 is 10.5 Å². The second-order valence-electron chi connectivity index (χ2n) is 4.66. The zero-order valence-corrected chi connectivity index (χ0v) is 11.4. The van der Waals surface area contributed by atoms with Crippen molar-refractivity contribution in [3.63, 3.8) is 0 Å². The number of anilines is 1. The van der Waals surface area contributed by atoms with Gasteiger partial charge in [-0.3, -0.25) is 10.1 Å². The lowest BCUT2D eigenvalue weighted by atomic mass is 10.1. The van der Waals surface area contributed by atoms with Crippen LogP contribution >= 0.6 is 0 Å². The number of hydrogen-bond donors (Lipinski definition) is 1. The Bertz CT molecular complexity index is 633.